The summed E-state index contributed by atoms with van der Waals surface area (Å²) in [4.78, 5) is 30.9. The Balaban J connectivity index is 2.33. The lowest BCUT2D eigenvalue weighted by Crippen LogP contribution is -2.47. The molecule has 1 aliphatic rings. The molecule has 1 N–H and O–H groups in total. The highest BCUT2D eigenvalue weighted by molar-refractivity contribution is 8.15. The Morgan fingerprint density at radius 3 is 2.60 bits per heavy atom. The first-order valence-corrected chi connectivity index (χ1v) is 9.87. The molecule has 1 saturated heterocycles. The van der Waals surface area contributed by atoms with Crippen molar-refractivity contribution < 1.29 is 9.59 Å². The monoisotopic (exact) mass is 401 g/mol. The predicted octanol–water partition coefficient (Wildman–Crippen LogP) is 4.25. The molecule has 0 radical (unpaired) electrons. The Labute approximate surface area is 162 Å². The van der Waals surface area contributed by atoms with Crippen LogP contribution in [0, 0.1) is 0 Å². The van der Waals surface area contributed by atoms with Crippen molar-refractivity contribution in [1.29, 1.82) is 0 Å². The van der Waals surface area contributed by atoms with E-state index in [9.17, 15) is 9.59 Å². The largest absolute Gasteiger partial charge is 0.355 e. The van der Waals surface area contributed by atoms with Crippen molar-refractivity contribution in [2.24, 2.45) is 4.99 Å². The molecular weight excluding hydrogens is 381 g/mol. The lowest BCUT2D eigenvalue weighted by molar-refractivity contribution is -0.130. The van der Waals surface area contributed by atoms with E-state index in [2.05, 4.69) is 17.2 Å². The molecule has 1 fully saturated rings. The molecule has 2 rings (SSSR count). The molecule has 136 valence electrons. The van der Waals surface area contributed by atoms with E-state index in [4.69, 9.17) is 23.2 Å². The second-order valence-electron chi connectivity index (χ2n) is 5.63. The van der Waals surface area contributed by atoms with Crippen LogP contribution in [-0.4, -0.2) is 40.2 Å². The summed E-state index contributed by atoms with van der Waals surface area (Å²) >= 11 is 13.4. The quantitative estimate of drug-likeness (QED) is 0.774. The minimum Gasteiger partial charge on any atom is -0.355 e. The van der Waals surface area contributed by atoms with Gasteiger partial charge in [0.05, 0.1) is 10.9 Å². The summed E-state index contributed by atoms with van der Waals surface area (Å²) < 4.78 is 0. The Morgan fingerprint density at radius 2 is 2.00 bits per heavy atom. The number of benzene rings is 1. The maximum absolute atomic E-state index is 12.6. The van der Waals surface area contributed by atoms with Crippen LogP contribution in [0.1, 0.15) is 33.1 Å². The lowest BCUT2D eigenvalue weighted by Gasteiger charge is -2.31. The molecule has 0 aromatic heterocycles. The smallest absolute Gasteiger partial charge is 0.234 e. The zero-order valence-corrected chi connectivity index (χ0v) is 16.5. The van der Waals surface area contributed by atoms with Gasteiger partial charge in [-0.25, -0.2) is 4.99 Å². The molecule has 0 unspecified atom stereocenters. The first-order valence-electron chi connectivity index (χ1n) is 8.24. The van der Waals surface area contributed by atoms with Crippen LogP contribution in [0.15, 0.2) is 23.2 Å². The molecule has 1 atom stereocenters. The van der Waals surface area contributed by atoms with Crippen molar-refractivity contribution in [2.45, 2.75) is 38.4 Å². The maximum Gasteiger partial charge on any atom is 0.234 e. The van der Waals surface area contributed by atoms with Crippen LogP contribution < -0.4 is 5.32 Å². The van der Waals surface area contributed by atoms with Crippen LogP contribution in [-0.2, 0) is 9.59 Å². The number of thioether (sulfide) groups is 1. The summed E-state index contributed by atoms with van der Waals surface area (Å²) in [5, 5.41) is 3.75. The molecule has 1 aliphatic heterocycles. The molecule has 0 spiro atoms. The molecule has 1 aromatic carbocycles. The number of amidine groups is 1. The number of hydrogen-bond acceptors (Lipinski definition) is 4. The summed E-state index contributed by atoms with van der Waals surface area (Å²) in [6, 6.07) is 4.98. The Kier molecular flexibility index (Phi) is 7.59. The number of nitrogens with one attached hydrogen (secondary N) is 1. The lowest BCUT2D eigenvalue weighted by atomic mass is 10.2. The van der Waals surface area contributed by atoms with Crippen LogP contribution in [0.4, 0.5) is 5.69 Å². The third-order valence-corrected chi connectivity index (χ3v) is 5.21. The number of hydrogen-bond donors (Lipinski definition) is 1. The van der Waals surface area contributed by atoms with Gasteiger partial charge in [-0.3, -0.25) is 14.5 Å². The van der Waals surface area contributed by atoms with Gasteiger partial charge >= 0.3 is 0 Å². The highest BCUT2D eigenvalue weighted by atomic mass is 35.5. The van der Waals surface area contributed by atoms with Crippen LogP contribution in [0.3, 0.4) is 0 Å². The summed E-state index contributed by atoms with van der Waals surface area (Å²) in [7, 11) is 0. The molecule has 0 bridgehead atoms. The molecule has 2 amide bonds. The molecule has 0 aliphatic carbocycles. The minimum atomic E-state index is -0.473. The van der Waals surface area contributed by atoms with Crippen molar-refractivity contribution in [3.8, 4) is 0 Å². The van der Waals surface area contributed by atoms with Gasteiger partial charge in [-0.1, -0.05) is 48.3 Å². The van der Waals surface area contributed by atoms with Gasteiger partial charge in [0.25, 0.3) is 0 Å². The van der Waals surface area contributed by atoms with Gasteiger partial charge in [-0.15, -0.1) is 0 Å². The predicted molar refractivity (Wildman–Crippen MR) is 105 cm³/mol. The topological polar surface area (TPSA) is 61.8 Å². The number of nitrogens with zero attached hydrogens (tertiary/aromatic N) is 2. The van der Waals surface area contributed by atoms with Crippen LogP contribution in [0.5, 0.6) is 0 Å². The van der Waals surface area contributed by atoms with E-state index in [0.29, 0.717) is 34.0 Å². The van der Waals surface area contributed by atoms with E-state index in [1.54, 1.807) is 23.1 Å². The maximum atomic E-state index is 12.6. The number of unbranched alkanes of at least 4 members (excludes halogenated alkanes) is 1. The first-order chi connectivity index (χ1) is 11.9. The highest BCUT2D eigenvalue weighted by Crippen LogP contribution is 2.31. The average Bonchev–Trinajstić information content (AvgIpc) is 2.53. The molecule has 1 heterocycles. The minimum absolute atomic E-state index is 0.0877. The number of carbonyl (C=O) groups is 2. The third kappa shape index (κ3) is 5.62. The number of halogens is 2. The SMILES string of the molecule is CCCCN1C(=O)C[C@@H](C(=O)NCC)SC1=Nc1cc(Cl)cc(Cl)c1. The Bertz CT molecular complexity index is 662. The number of amides is 2. The standard InChI is InChI=1S/C17H21Cl2N3O2S/c1-3-5-6-22-15(23)10-14(16(24)20-4-2)25-17(22)21-13-8-11(18)7-12(19)9-13/h7-9,14H,3-6,10H2,1-2H3,(H,20,24)/t14-/m0/s1. The van der Waals surface area contributed by atoms with Gasteiger partial charge in [0.2, 0.25) is 11.8 Å². The fraction of sp³-hybridized carbons (Fsp3) is 0.471. The Hall–Kier alpha value is -1.24. The van der Waals surface area contributed by atoms with E-state index >= 15 is 0 Å². The van der Waals surface area contributed by atoms with Crippen molar-refractivity contribution >= 4 is 57.6 Å². The van der Waals surface area contributed by atoms with E-state index in [1.807, 2.05) is 6.92 Å². The zero-order valence-electron chi connectivity index (χ0n) is 14.2. The van der Waals surface area contributed by atoms with E-state index < -0.39 is 5.25 Å². The first kappa shape index (κ1) is 20.1. The molecule has 5 nitrogen and oxygen atoms in total. The molecule has 8 heteroatoms. The molecule has 25 heavy (non-hydrogen) atoms. The summed E-state index contributed by atoms with van der Waals surface area (Å²) in [5.74, 6) is -0.233. The van der Waals surface area contributed by atoms with Crippen molar-refractivity contribution in [1.82, 2.24) is 10.2 Å². The van der Waals surface area contributed by atoms with Gasteiger partial charge in [0.1, 0.15) is 0 Å². The van der Waals surface area contributed by atoms with Gasteiger partial charge in [0.15, 0.2) is 5.17 Å². The van der Waals surface area contributed by atoms with Gasteiger partial charge in [-0.2, -0.15) is 0 Å². The highest BCUT2D eigenvalue weighted by Gasteiger charge is 2.35. The number of aliphatic imine (C=N–C) groups is 1. The zero-order chi connectivity index (χ0) is 18.4. The molecule has 1 aromatic rings. The van der Waals surface area contributed by atoms with Gasteiger partial charge in [0, 0.05) is 29.6 Å². The fourth-order valence-electron chi connectivity index (χ4n) is 2.38. The van der Waals surface area contributed by atoms with Crippen molar-refractivity contribution in [3.05, 3.63) is 28.2 Å². The van der Waals surface area contributed by atoms with Crippen molar-refractivity contribution in [2.75, 3.05) is 13.1 Å². The van der Waals surface area contributed by atoms with Crippen LogP contribution in [0.25, 0.3) is 0 Å². The average molecular weight is 402 g/mol. The second-order valence-corrected chi connectivity index (χ2v) is 7.67. The number of carbonyl (C=O) groups excluding carboxylic acids is 2. The fourth-order valence-corrected chi connectivity index (χ4v) is 4.04. The normalized spacial score (nSPS) is 19.4. The Morgan fingerprint density at radius 1 is 1.32 bits per heavy atom. The molecule has 0 saturated carbocycles. The number of rotatable bonds is 6. The van der Waals surface area contributed by atoms with Gasteiger partial charge < -0.3 is 5.32 Å². The summed E-state index contributed by atoms with van der Waals surface area (Å²) in [6.45, 7) is 5.02. The van der Waals surface area contributed by atoms with E-state index in [0.717, 1.165) is 12.8 Å². The molecular formula is C17H21Cl2N3O2S. The van der Waals surface area contributed by atoms with Crippen LogP contribution >= 0.6 is 35.0 Å². The third-order valence-electron chi connectivity index (χ3n) is 3.59. The summed E-state index contributed by atoms with van der Waals surface area (Å²) in [6.07, 6.45) is 2.01. The van der Waals surface area contributed by atoms with E-state index in [-0.39, 0.29) is 18.2 Å². The second kappa shape index (κ2) is 9.46. The van der Waals surface area contributed by atoms with Crippen molar-refractivity contribution in [3.63, 3.8) is 0 Å². The van der Waals surface area contributed by atoms with Gasteiger partial charge in [-0.05, 0) is 31.5 Å². The van der Waals surface area contributed by atoms with Crippen LogP contribution in [0.2, 0.25) is 10.0 Å². The summed E-state index contributed by atoms with van der Waals surface area (Å²) in [5.41, 5.74) is 0.561. The van der Waals surface area contributed by atoms with E-state index in [1.165, 1.54) is 11.8 Å².